The molecule has 0 radical (unpaired) electrons. The molecule has 1 rings (SSSR count). The predicted molar refractivity (Wildman–Crippen MR) is 42.4 cm³/mol. The van der Waals surface area contributed by atoms with Crippen molar-refractivity contribution in [2.45, 2.75) is 38.1 Å². The van der Waals surface area contributed by atoms with Crippen molar-refractivity contribution in [1.82, 2.24) is 5.32 Å². The molecule has 0 atom stereocenters. The van der Waals surface area contributed by atoms with Gasteiger partial charge in [-0.25, -0.2) is 4.79 Å². The third-order valence-corrected chi connectivity index (χ3v) is 2.54. The average molecular weight is 157 g/mol. The summed E-state index contributed by atoms with van der Waals surface area (Å²) in [5.41, 5.74) is 0.0626. The first-order valence-electron chi connectivity index (χ1n) is 4.08. The molecule has 0 aliphatic heterocycles. The molecule has 0 aromatic carbocycles. The zero-order chi connectivity index (χ0) is 8.32. The van der Waals surface area contributed by atoms with Crippen molar-refractivity contribution in [2.24, 2.45) is 0 Å². The van der Waals surface area contributed by atoms with Crippen LogP contribution in [0.4, 0.5) is 4.79 Å². The summed E-state index contributed by atoms with van der Waals surface area (Å²) in [6.07, 6.45) is 4.11. The number of carbonyl (C=O) groups is 1. The molecule has 64 valence electrons. The molecule has 0 aromatic heterocycles. The molecule has 1 fully saturated rings. The van der Waals surface area contributed by atoms with E-state index in [9.17, 15) is 4.79 Å². The van der Waals surface area contributed by atoms with E-state index in [0.717, 1.165) is 19.3 Å². The second kappa shape index (κ2) is 3.11. The van der Waals surface area contributed by atoms with Gasteiger partial charge < -0.3 is 10.1 Å². The summed E-state index contributed by atoms with van der Waals surface area (Å²) >= 11 is 0. The number of hydrogen-bond donors (Lipinski definition) is 1. The predicted octanol–water partition coefficient (Wildman–Crippen LogP) is 1.68. The molecule has 3 nitrogen and oxygen atoms in total. The van der Waals surface area contributed by atoms with Gasteiger partial charge in [0.1, 0.15) is 0 Å². The molecule has 3 heteroatoms. The van der Waals surface area contributed by atoms with Crippen molar-refractivity contribution < 1.29 is 9.53 Å². The molecule has 11 heavy (non-hydrogen) atoms. The lowest BCUT2D eigenvalue weighted by atomic mass is 9.75. The molecule has 1 N–H and O–H groups in total. The fourth-order valence-electron chi connectivity index (χ4n) is 1.44. The summed E-state index contributed by atoms with van der Waals surface area (Å²) in [6, 6.07) is 0. The van der Waals surface area contributed by atoms with Gasteiger partial charge in [-0.05, 0) is 25.7 Å². The van der Waals surface area contributed by atoms with Crippen LogP contribution in [0, 0.1) is 0 Å². The zero-order valence-corrected chi connectivity index (χ0v) is 7.14. The van der Waals surface area contributed by atoms with Gasteiger partial charge in [0.05, 0.1) is 7.11 Å². The van der Waals surface area contributed by atoms with Crippen LogP contribution in [0.25, 0.3) is 0 Å². The Morgan fingerprint density at radius 3 is 2.55 bits per heavy atom. The highest BCUT2D eigenvalue weighted by atomic mass is 16.5. The molecular weight excluding hydrogens is 142 g/mol. The standard InChI is InChI=1S/C8H15NO2/c1-3-8(5-4-6-8)9-7(10)11-2/h3-6H2,1-2H3,(H,9,10). The summed E-state index contributed by atoms with van der Waals surface area (Å²) in [5.74, 6) is 0. The smallest absolute Gasteiger partial charge is 0.407 e. The highest BCUT2D eigenvalue weighted by Gasteiger charge is 2.36. The van der Waals surface area contributed by atoms with E-state index < -0.39 is 0 Å². The van der Waals surface area contributed by atoms with E-state index in [-0.39, 0.29) is 11.6 Å². The normalized spacial score (nSPS) is 20.2. The summed E-state index contributed by atoms with van der Waals surface area (Å²) in [4.78, 5) is 10.8. The molecule has 0 heterocycles. The molecule has 0 aromatic rings. The number of ether oxygens (including phenoxy) is 1. The highest BCUT2D eigenvalue weighted by molar-refractivity contribution is 5.68. The Bertz CT molecular complexity index is 147. The van der Waals surface area contributed by atoms with E-state index in [1.807, 2.05) is 0 Å². The minimum Gasteiger partial charge on any atom is -0.453 e. The average Bonchev–Trinajstić information content (AvgIpc) is 1.96. The molecule has 0 spiro atoms. The van der Waals surface area contributed by atoms with Gasteiger partial charge in [-0.3, -0.25) is 0 Å². The van der Waals surface area contributed by atoms with E-state index in [0.29, 0.717) is 0 Å². The van der Waals surface area contributed by atoms with Crippen molar-refractivity contribution in [1.29, 1.82) is 0 Å². The van der Waals surface area contributed by atoms with Gasteiger partial charge in [0.2, 0.25) is 0 Å². The number of amides is 1. The summed E-state index contributed by atoms with van der Waals surface area (Å²) < 4.78 is 4.53. The fourth-order valence-corrected chi connectivity index (χ4v) is 1.44. The number of methoxy groups -OCH3 is 1. The molecule has 1 aliphatic carbocycles. The first kappa shape index (κ1) is 8.37. The topological polar surface area (TPSA) is 38.3 Å². The van der Waals surface area contributed by atoms with Crippen LogP contribution in [0.5, 0.6) is 0 Å². The van der Waals surface area contributed by atoms with Crippen LogP contribution < -0.4 is 5.32 Å². The third-order valence-electron chi connectivity index (χ3n) is 2.54. The molecule has 1 amide bonds. The van der Waals surface area contributed by atoms with Crippen molar-refractivity contribution >= 4 is 6.09 Å². The molecule has 0 bridgehead atoms. The van der Waals surface area contributed by atoms with Gasteiger partial charge in [-0.15, -0.1) is 0 Å². The Labute approximate surface area is 67.1 Å². The maximum Gasteiger partial charge on any atom is 0.407 e. The van der Waals surface area contributed by atoms with Gasteiger partial charge >= 0.3 is 6.09 Å². The van der Waals surface area contributed by atoms with Crippen LogP contribution in [0.1, 0.15) is 32.6 Å². The first-order chi connectivity index (χ1) is 5.22. The zero-order valence-electron chi connectivity index (χ0n) is 7.14. The Balaban J connectivity index is 2.38. The van der Waals surface area contributed by atoms with E-state index in [1.54, 1.807) is 0 Å². The maximum absolute atomic E-state index is 10.8. The van der Waals surface area contributed by atoms with Gasteiger partial charge in [-0.2, -0.15) is 0 Å². The van der Waals surface area contributed by atoms with Gasteiger partial charge in [0, 0.05) is 5.54 Å². The Morgan fingerprint density at radius 1 is 1.64 bits per heavy atom. The van der Waals surface area contributed by atoms with E-state index in [2.05, 4.69) is 17.0 Å². The summed E-state index contributed by atoms with van der Waals surface area (Å²) in [5, 5.41) is 2.87. The van der Waals surface area contributed by atoms with Crippen LogP contribution in [0.2, 0.25) is 0 Å². The SMILES string of the molecule is CCC1(NC(=O)OC)CCC1. The van der Waals surface area contributed by atoms with Crippen molar-refractivity contribution in [3.8, 4) is 0 Å². The molecule has 1 aliphatic rings. The van der Waals surface area contributed by atoms with Crippen molar-refractivity contribution in [2.75, 3.05) is 7.11 Å². The summed E-state index contributed by atoms with van der Waals surface area (Å²) in [7, 11) is 1.40. The highest BCUT2D eigenvalue weighted by Crippen LogP contribution is 2.34. The Hall–Kier alpha value is -0.730. The lowest BCUT2D eigenvalue weighted by molar-refractivity contribution is 0.126. The van der Waals surface area contributed by atoms with Gasteiger partial charge in [-0.1, -0.05) is 6.92 Å². The Kier molecular flexibility index (Phi) is 2.37. The van der Waals surface area contributed by atoms with Crippen LogP contribution in [-0.4, -0.2) is 18.7 Å². The van der Waals surface area contributed by atoms with E-state index >= 15 is 0 Å². The van der Waals surface area contributed by atoms with Crippen LogP contribution in [0.3, 0.4) is 0 Å². The third kappa shape index (κ3) is 1.64. The van der Waals surface area contributed by atoms with E-state index in [4.69, 9.17) is 0 Å². The summed E-state index contributed by atoms with van der Waals surface area (Å²) in [6.45, 7) is 2.09. The number of carbonyl (C=O) groups excluding carboxylic acids is 1. The maximum atomic E-state index is 10.8. The van der Waals surface area contributed by atoms with Crippen LogP contribution >= 0.6 is 0 Å². The van der Waals surface area contributed by atoms with Gasteiger partial charge in [0.25, 0.3) is 0 Å². The molecular formula is C8H15NO2. The number of hydrogen-bond acceptors (Lipinski definition) is 2. The Morgan fingerprint density at radius 2 is 2.27 bits per heavy atom. The second-order valence-electron chi connectivity index (χ2n) is 3.10. The fraction of sp³-hybridized carbons (Fsp3) is 0.875. The lowest BCUT2D eigenvalue weighted by Crippen LogP contribution is -2.52. The second-order valence-corrected chi connectivity index (χ2v) is 3.10. The minimum absolute atomic E-state index is 0.0626. The minimum atomic E-state index is -0.299. The quantitative estimate of drug-likeness (QED) is 0.662. The van der Waals surface area contributed by atoms with Crippen molar-refractivity contribution in [3.63, 3.8) is 0 Å². The lowest BCUT2D eigenvalue weighted by Gasteiger charge is -2.41. The first-order valence-corrected chi connectivity index (χ1v) is 4.08. The van der Waals surface area contributed by atoms with Gasteiger partial charge in [0.15, 0.2) is 0 Å². The van der Waals surface area contributed by atoms with E-state index in [1.165, 1.54) is 13.5 Å². The molecule has 0 unspecified atom stereocenters. The largest absolute Gasteiger partial charge is 0.453 e. The van der Waals surface area contributed by atoms with Crippen LogP contribution in [-0.2, 0) is 4.74 Å². The number of nitrogens with one attached hydrogen (secondary N) is 1. The molecule has 1 saturated carbocycles. The number of alkyl carbamates (subject to hydrolysis) is 1. The monoisotopic (exact) mass is 157 g/mol. The van der Waals surface area contributed by atoms with Crippen LogP contribution in [0.15, 0.2) is 0 Å². The number of rotatable bonds is 2. The van der Waals surface area contributed by atoms with Crippen molar-refractivity contribution in [3.05, 3.63) is 0 Å². The molecule has 0 saturated heterocycles.